The van der Waals surface area contributed by atoms with Gasteiger partial charge in [0.2, 0.25) is 0 Å². The van der Waals surface area contributed by atoms with Crippen molar-refractivity contribution in [3.8, 4) is 5.75 Å². The molecule has 2 aromatic rings. The van der Waals surface area contributed by atoms with Crippen molar-refractivity contribution >= 4 is 34.8 Å². The largest absolute Gasteiger partial charge is 0.484 e. The molecule has 4 N–H and O–H groups in total. The van der Waals surface area contributed by atoms with E-state index < -0.39 is 11.8 Å². The monoisotopic (exact) mass is 372 g/mol. The second-order valence-corrected chi connectivity index (χ2v) is 5.78. The molecule has 0 aliphatic rings. The van der Waals surface area contributed by atoms with Crippen LogP contribution in [0, 0.1) is 6.92 Å². The van der Waals surface area contributed by atoms with Crippen LogP contribution >= 0.6 is 12.2 Å². The van der Waals surface area contributed by atoms with E-state index in [0.717, 1.165) is 11.3 Å². The Bertz CT molecular complexity index is 768. The van der Waals surface area contributed by atoms with Gasteiger partial charge in [0.1, 0.15) is 5.75 Å². The van der Waals surface area contributed by atoms with Gasteiger partial charge >= 0.3 is 0 Å². The summed E-state index contributed by atoms with van der Waals surface area (Å²) in [5.74, 6) is -0.235. The van der Waals surface area contributed by atoms with Crippen LogP contribution in [0.2, 0.25) is 0 Å². The van der Waals surface area contributed by atoms with Gasteiger partial charge in [-0.25, -0.2) is 0 Å². The number of benzene rings is 2. The lowest BCUT2D eigenvalue weighted by molar-refractivity contribution is -0.127. The normalized spacial score (nSPS) is 9.73. The number of ether oxygens (including phenoxy) is 1. The smallest absolute Gasteiger partial charge is 0.258 e. The standard InChI is InChI=1S/C18H20N4O3S/c1-13-6-5-9-15(10-13)25-12-17(24)19-11-16(23)21-22-18(26)20-14-7-3-2-4-8-14/h2-10H,11-12H2,1H3,(H,19,24)(H,21,23)(H2,20,22,26). The quantitative estimate of drug-likeness (QED) is 0.454. The van der Waals surface area contributed by atoms with E-state index in [1.807, 2.05) is 55.5 Å². The summed E-state index contributed by atoms with van der Waals surface area (Å²) in [6, 6.07) is 16.6. The Kier molecular flexibility index (Phi) is 7.38. The highest BCUT2D eigenvalue weighted by atomic mass is 32.1. The predicted octanol–water partition coefficient (Wildman–Crippen LogP) is 1.51. The van der Waals surface area contributed by atoms with Gasteiger partial charge < -0.3 is 15.4 Å². The van der Waals surface area contributed by atoms with E-state index >= 15 is 0 Å². The van der Waals surface area contributed by atoms with Crippen molar-refractivity contribution < 1.29 is 14.3 Å². The van der Waals surface area contributed by atoms with E-state index in [1.165, 1.54) is 0 Å². The zero-order valence-electron chi connectivity index (χ0n) is 14.2. The minimum atomic E-state index is -0.439. The van der Waals surface area contributed by atoms with E-state index in [1.54, 1.807) is 6.07 Å². The number of hydrogen-bond donors (Lipinski definition) is 4. The van der Waals surface area contributed by atoms with Crippen LogP contribution < -0.4 is 26.2 Å². The number of para-hydroxylation sites is 1. The molecule has 136 valence electrons. The van der Waals surface area contributed by atoms with Crippen LogP contribution in [0.3, 0.4) is 0 Å². The first-order chi connectivity index (χ1) is 12.5. The number of hydrazine groups is 1. The van der Waals surface area contributed by atoms with Gasteiger partial charge in [-0.3, -0.25) is 20.4 Å². The molecule has 0 saturated carbocycles. The van der Waals surface area contributed by atoms with Crippen molar-refractivity contribution in [2.45, 2.75) is 6.92 Å². The Morgan fingerprint density at radius 2 is 1.77 bits per heavy atom. The molecule has 0 saturated heterocycles. The van der Waals surface area contributed by atoms with Crippen LogP contribution in [-0.4, -0.2) is 30.1 Å². The van der Waals surface area contributed by atoms with Crippen LogP contribution in [-0.2, 0) is 9.59 Å². The average Bonchev–Trinajstić information content (AvgIpc) is 2.64. The molecule has 0 atom stereocenters. The zero-order chi connectivity index (χ0) is 18.8. The predicted molar refractivity (Wildman–Crippen MR) is 104 cm³/mol. The molecular weight excluding hydrogens is 352 g/mol. The third-order valence-corrected chi connectivity index (χ3v) is 3.36. The summed E-state index contributed by atoms with van der Waals surface area (Å²) in [7, 11) is 0. The highest BCUT2D eigenvalue weighted by Gasteiger charge is 2.07. The highest BCUT2D eigenvalue weighted by Crippen LogP contribution is 2.11. The number of anilines is 1. The van der Waals surface area contributed by atoms with Crippen molar-refractivity contribution in [1.82, 2.24) is 16.2 Å². The molecular formula is C18H20N4O3S. The lowest BCUT2D eigenvalue weighted by atomic mass is 10.2. The molecule has 0 aliphatic carbocycles. The van der Waals surface area contributed by atoms with E-state index in [2.05, 4.69) is 21.5 Å². The second kappa shape index (κ2) is 10.00. The van der Waals surface area contributed by atoms with E-state index in [0.29, 0.717) is 5.75 Å². The number of nitrogens with one attached hydrogen (secondary N) is 4. The number of carbonyl (C=O) groups excluding carboxylic acids is 2. The Hall–Kier alpha value is -3.13. The van der Waals surface area contributed by atoms with Gasteiger partial charge in [0.15, 0.2) is 11.7 Å². The summed E-state index contributed by atoms with van der Waals surface area (Å²) in [4.78, 5) is 23.4. The molecule has 0 aromatic heterocycles. The topological polar surface area (TPSA) is 91.5 Å². The number of carbonyl (C=O) groups is 2. The third kappa shape index (κ3) is 7.18. The molecule has 0 aliphatic heterocycles. The molecule has 0 heterocycles. The van der Waals surface area contributed by atoms with Crippen LogP contribution in [0.4, 0.5) is 5.69 Å². The minimum absolute atomic E-state index is 0.169. The number of amides is 2. The summed E-state index contributed by atoms with van der Waals surface area (Å²) < 4.78 is 5.36. The summed E-state index contributed by atoms with van der Waals surface area (Å²) in [5, 5.41) is 5.60. The molecule has 0 fully saturated rings. The van der Waals surface area contributed by atoms with E-state index in [9.17, 15) is 9.59 Å². The molecule has 0 spiro atoms. The van der Waals surface area contributed by atoms with Gasteiger partial charge in [-0.15, -0.1) is 0 Å². The van der Waals surface area contributed by atoms with Crippen molar-refractivity contribution in [1.29, 1.82) is 0 Å². The molecule has 7 nitrogen and oxygen atoms in total. The maximum absolute atomic E-state index is 11.7. The first-order valence-electron chi connectivity index (χ1n) is 7.90. The molecule has 2 amide bonds. The molecule has 26 heavy (non-hydrogen) atoms. The van der Waals surface area contributed by atoms with Crippen LogP contribution in [0.25, 0.3) is 0 Å². The van der Waals surface area contributed by atoms with Crippen molar-refractivity contribution in [3.63, 3.8) is 0 Å². The van der Waals surface area contributed by atoms with Crippen LogP contribution in [0.1, 0.15) is 5.56 Å². The SMILES string of the molecule is Cc1cccc(OCC(=O)NCC(=O)NNC(=S)Nc2ccccc2)c1. The summed E-state index contributed by atoms with van der Waals surface area (Å²) >= 11 is 5.05. The fourth-order valence-electron chi connectivity index (χ4n) is 1.94. The van der Waals surface area contributed by atoms with Crippen LogP contribution in [0.5, 0.6) is 5.75 Å². The number of thiocarbonyl (C=S) groups is 1. The Labute approximate surface area is 157 Å². The van der Waals surface area contributed by atoms with Crippen LogP contribution in [0.15, 0.2) is 54.6 Å². The van der Waals surface area contributed by atoms with E-state index in [4.69, 9.17) is 17.0 Å². The minimum Gasteiger partial charge on any atom is -0.484 e. The number of hydrogen-bond acceptors (Lipinski definition) is 4. The lowest BCUT2D eigenvalue weighted by Crippen LogP contribution is -2.48. The zero-order valence-corrected chi connectivity index (χ0v) is 15.1. The highest BCUT2D eigenvalue weighted by molar-refractivity contribution is 7.80. The Balaban J connectivity index is 1.62. The van der Waals surface area contributed by atoms with Gasteiger partial charge in [-0.2, -0.15) is 0 Å². The molecule has 8 heteroatoms. The average molecular weight is 372 g/mol. The van der Waals surface area contributed by atoms with Crippen molar-refractivity contribution in [2.24, 2.45) is 0 Å². The Morgan fingerprint density at radius 1 is 1.00 bits per heavy atom. The van der Waals surface area contributed by atoms with Crippen molar-refractivity contribution in [2.75, 3.05) is 18.5 Å². The fourth-order valence-corrected chi connectivity index (χ4v) is 2.11. The van der Waals surface area contributed by atoms with Gasteiger partial charge in [-0.1, -0.05) is 30.3 Å². The molecule has 0 radical (unpaired) electrons. The van der Waals surface area contributed by atoms with E-state index in [-0.39, 0.29) is 18.3 Å². The maximum atomic E-state index is 11.7. The molecule has 2 aromatic carbocycles. The van der Waals surface area contributed by atoms with Gasteiger partial charge in [0, 0.05) is 5.69 Å². The number of rotatable bonds is 6. The first-order valence-corrected chi connectivity index (χ1v) is 8.31. The number of aryl methyl sites for hydroxylation is 1. The Morgan fingerprint density at radius 3 is 2.50 bits per heavy atom. The molecule has 2 rings (SSSR count). The summed E-state index contributed by atoms with van der Waals surface area (Å²) in [6.07, 6.45) is 0. The summed E-state index contributed by atoms with van der Waals surface area (Å²) in [6.45, 7) is 1.57. The third-order valence-electron chi connectivity index (χ3n) is 3.15. The van der Waals surface area contributed by atoms with Gasteiger partial charge in [0.25, 0.3) is 11.8 Å². The maximum Gasteiger partial charge on any atom is 0.258 e. The summed E-state index contributed by atoms with van der Waals surface area (Å²) in [5.41, 5.74) is 6.78. The molecule has 0 bridgehead atoms. The first kappa shape index (κ1) is 19.2. The fraction of sp³-hybridized carbons (Fsp3) is 0.167. The second-order valence-electron chi connectivity index (χ2n) is 5.38. The van der Waals surface area contributed by atoms with Crippen molar-refractivity contribution in [3.05, 3.63) is 60.2 Å². The molecule has 0 unspecified atom stereocenters. The van der Waals surface area contributed by atoms with Gasteiger partial charge in [0.05, 0.1) is 6.54 Å². The lowest BCUT2D eigenvalue weighted by Gasteiger charge is -2.12. The van der Waals surface area contributed by atoms with Gasteiger partial charge in [-0.05, 0) is 49.0 Å².